The van der Waals surface area contributed by atoms with Crippen molar-refractivity contribution in [1.82, 2.24) is 0 Å². The van der Waals surface area contributed by atoms with Gasteiger partial charge in [0.15, 0.2) is 0 Å². The van der Waals surface area contributed by atoms with Gasteiger partial charge < -0.3 is 9.47 Å². The van der Waals surface area contributed by atoms with E-state index < -0.39 is 0 Å². The molecule has 0 aliphatic heterocycles. The zero-order valence-corrected chi connectivity index (χ0v) is 11.6. The van der Waals surface area contributed by atoms with E-state index in [0.717, 1.165) is 32.7 Å². The zero-order chi connectivity index (χ0) is 9.07. The van der Waals surface area contributed by atoms with Gasteiger partial charge in [0.25, 0.3) is 0 Å². The van der Waals surface area contributed by atoms with Gasteiger partial charge in [-0.25, -0.2) is 7.11 Å². The number of unbranched alkanes of at least 4 members (excludes halogenated alkanes) is 3. The standard InChI is InChI=1S/C10H21O2.Y/c1-3-4-5-9-12-10-7-6-8-11-2;/h2-10H2,1H3;/q-1;. The fourth-order valence-corrected chi connectivity index (χ4v) is 0.964. The van der Waals surface area contributed by atoms with Crippen LogP contribution >= 0.6 is 0 Å². The molecular formula is C10H21O2Y-. The van der Waals surface area contributed by atoms with Crippen molar-refractivity contribution in [3.05, 3.63) is 7.11 Å². The summed E-state index contributed by atoms with van der Waals surface area (Å²) < 4.78 is 10.1. The SMILES string of the molecule is [CH2-]OCCCCOCCCCC.[Y]. The van der Waals surface area contributed by atoms with Crippen LogP contribution in [0.1, 0.15) is 39.0 Å². The summed E-state index contributed by atoms with van der Waals surface area (Å²) in [5.41, 5.74) is 0. The molecule has 0 rings (SSSR count). The molecule has 1 radical (unpaired) electrons. The first-order chi connectivity index (χ1) is 5.91. The largest absolute Gasteiger partial charge is 0.555 e. The van der Waals surface area contributed by atoms with E-state index in [0.29, 0.717) is 0 Å². The van der Waals surface area contributed by atoms with E-state index in [4.69, 9.17) is 4.74 Å². The zero-order valence-electron chi connectivity index (χ0n) is 8.76. The third-order valence-corrected chi connectivity index (χ3v) is 1.72. The second kappa shape index (κ2) is 15.5. The van der Waals surface area contributed by atoms with E-state index in [1.54, 1.807) is 0 Å². The Kier molecular flexibility index (Phi) is 19.6. The van der Waals surface area contributed by atoms with Gasteiger partial charge in [-0.1, -0.05) is 19.8 Å². The predicted molar refractivity (Wildman–Crippen MR) is 50.9 cm³/mol. The molecule has 0 aromatic rings. The van der Waals surface area contributed by atoms with Gasteiger partial charge in [0.2, 0.25) is 0 Å². The average molecular weight is 262 g/mol. The average Bonchev–Trinajstić information content (AvgIpc) is 2.10. The molecule has 0 aromatic carbocycles. The van der Waals surface area contributed by atoms with E-state index in [-0.39, 0.29) is 32.7 Å². The van der Waals surface area contributed by atoms with Crippen molar-refractivity contribution in [2.75, 3.05) is 19.8 Å². The summed E-state index contributed by atoms with van der Waals surface area (Å²) in [7, 11) is 3.30. The number of hydrogen-bond acceptors (Lipinski definition) is 2. The van der Waals surface area contributed by atoms with Crippen molar-refractivity contribution in [1.29, 1.82) is 0 Å². The molecular weight excluding hydrogens is 241 g/mol. The Hall–Kier alpha value is 1.02. The molecule has 0 heterocycles. The third kappa shape index (κ3) is 15.8. The second-order valence-electron chi connectivity index (χ2n) is 2.93. The summed E-state index contributed by atoms with van der Waals surface area (Å²) in [5, 5.41) is 0. The second-order valence-corrected chi connectivity index (χ2v) is 2.93. The van der Waals surface area contributed by atoms with Crippen LogP contribution in [-0.4, -0.2) is 19.8 Å². The van der Waals surface area contributed by atoms with Crippen molar-refractivity contribution in [3.8, 4) is 0 Å². The number of rotatable bonds is 9. The van der Waals surface area contributed by atoms with Crippen molar-refractivity contribution in [2.45, 2.75) is 39.0 Å². The minimum Gasteiger partial charge on any atom is -0.555 e. The van der Waals surface area contributed by atoms with Crippen LogP contribution in [0.25, 0.3) is 0 Å². The summed E-state index contributed by atoms with van der Waals surface area (Å²) in [6, 6.07) is 0. The van der Waals surface area contributed by atoms with E-state index >= 15 is 0 Å². The van der Waals surface area contributed by atoms with Crippen molar-refractivity contribution >= 4 is 0 Å². The minimum atomic E-state index is 0. The molecule has 0 unspecified atom stereocenters. The molecule has 0 saturated carbocycles. The molecule has 0 aliphatic carbocycles. The molecule has 0 atom stereocenters. The van der Waals surface area contributed by atoms with Crippen molar-refractivity contribution < 1.29 is 42.2 Å². The van der Waals surface area contributed by atoms with E-state index in [1.807, 2.05) is 0 Å². The fraction of sp³-hybridized carbons (Fsp3) is 0.900. The van der Waals surface area contributed by atoms with Crippen molar-refractivity contribution in [2.24, 2.45) is 0 Å². The normalized spacial score (nSPS) is 9.69. The van der Waals surface area contributed by atoms with Crippen LogP contribution in [0, 0.1) is 7.11 Å². The van der Waals surface area contributed by atoms with Gasteiger partial charge in [0, 0.05) is 52.5 Å². The predicted octanol–water partition coefficient (Wildman–Crippen LogP) is 2.78. The number of ether oxygens (including phenoxy) is 2. The summed E-state index contributed by atoms with van der Waals surface area (Å²) in [4.78, 5) is 0. The van der Waals surface area contributed by atoms with Gasteiger partial charge in [0.1, 0.15) is 0 Å². The van der Waals surface area contributed by atoms with Gasteiger partial charge >= 0.3 is 0 Å². The van der Waals surface area contributed by atoms with Gasteiger partial charge in [0.05, 0.1) is 0 Å². The molecule has 77 valence electrons. The van der Waals surface area contributed by atoms with Gasteiger partial charge in [-0.2, -0.15) is 0 Å². The Morgan fingerprint density at radius 3 is 2.00 bits per heavy atom. The maximum absolute atomic E-state index is 5.41. The van der Waals surface area contributed by atoms with Crippen LogP contribution in [0.2, 0.25) is 0 Å². The Bertz CT molecular complexity index is 69.3. The van der Waals surface area contributed by atoms with Gasteiger partial charge in [-0.05, 0) is 19.3 Å². The van der Waals surface area contributed by atoms with Crippen LogP contribution in [0.3, 0.4) is 0 Å². The van der Waals surface area contributed by atoms with Gasteiger partial charge in [-0.3, -0.25) is 0 Å². The molecule has 0 N–H and O–H groups in total. The van der Waals surface area contributed by atoms with Crippen LogP contribution in [0.4, 0.5) is 0 Å². The molecule has 0 bridgehead atoms. The molecule has 2 nitrogen and oxygen atoms in total. The van der Waals surface area contributed by atoms with E-state index in [1.165, 1.54) is 19.3 Å². The molecule has 0 spiro atoms. The topological polar surface area (TPSA) is 18.5 Å². The first kappa shape index (κ1) is 16.5. The molecule has 3 heteroatoms. The third-order valence-electron chi connectivity index (χ3n) is 1.72. The summed E-state index contributed by atoms with van der Waals surface area (Å²) in [6.45, 7) is 4.73. The van der Waals surface area contributed by atoms with Crippen molar-refractivity contribution in [3.63, 3.8) is 0 Å². The monoisotopic (exact) mass is 262 g/mol. The maximum Gasteiger partial charge on any atom is 0.0466 e. The van der Waals surface area contributed by atoms with Gasteiger partial charge in [-0.15, -0.1) is 0 Å². The molecule has 0 amide bonds. The molecule has 0 saturated heterocycles. The van der Waals surface area contributed by atoms with Crippen LogP contribution < -0.4 is 0 Å². The Morgan fingerprint density at radius 2 is 1.46 bits per heavy atom. The Labute approximate surface area is 108 Å². The number of hydrogen-bond donors (Lipinski definition) is 0. The Balaban J connectivity index is 0. The summed E-state index contributed by atoms with van der Waals surface area (Å²) in [6.07, 6.45) is 5.88. The molecule has 0 aliphatic rings. The van der Waals surface area contributed by atoms with Crippen LogP contribution in [-0.2, 0) is 42.2 Å². The van der Waals surface area contributed by atoms with Crippen LogP contribution in [0.5, 0.6) is 0 Å². The fourth-order valence-electron chi connectivity index (χ4n) is 0.964. The Morgan fingerprint density at radius 1 is 0.923 bits per heavy atom. The van der Waals surface area contributed by atoms with E-state index in [2.05, 4.69) is 18.8 Å². The summed E-state index contributed by atoms with van der Waals surface area (Å²) >= 11 is 0. The quantitative estimate of drug-likeness (QED) is 0.470. The molecule has 13 heavy (non-hydrogen) atoms. The maximum atomic E-state index is 5.41. The molecule has 0 fully saturated rings. The smallest absolute Gasteiger partial charge is 0.0466 e. The minimum absolute atomic E-state index is 0. The first-order valence-electron chi connectivity index (χ1n) is 4.86. The summed E-state index contributed by atoms with van der Waals surface area (Å²) in [5.74, 6) is 0. The first-order valence-corrected chi connectivity index (χ1v) is 4.86. The van der Waals surface area contributed by atoms with Crippen LogP contribution in [0.15, 0.2) is 0 Å². The van der Waals surface area contributed by atoms with E-state index in [9.17, 15) is 0 Å². The molecule has 0 aromatic heterocycles.